The van der Waals surface area contributed by atoms with Gasteiger partial charge in [-0.2, -0.15) is 0 Å². The molecule has 2 aromatic rings. The third-order valence-electron chi connectivity index (χ3n) is 3.60. The average Bonchev–Trinajstić information content (AvgIpc) is 2.65. The van der Waals surface area contributed by atoms with Crippen LogP contribution < -0.4 is 10.1 Å². The summed E-state index contributed by atoms with van der Waals surface area (Å²) in [6.07, 6.45) is 0. The van der Waals surface area contributed by atoms with Crippen LogP contribution in [0.15, 0.2) is 53.4 Å². The molecule has 0 aromatic heterocycles. The number of nitrogens with zero attached hydrogens (tertiary/aromatic N) is 2. The molecule has 0 saturated carbocycles. The molecule has 0 unspecified atom stereocenters. The smallest absolute Gasteiger partial charge is 0.269 e. The molecule has 27 heavy (non-hydrogen) atoms. The van der Waals surface area contributed by atoms with Crippen molar-refractivity contribution in [3.63, 3.8) is 0 Å². The molecule has 10 heteroatoms. The van der Waals surface area contributed by atoms with Gasteiger partial charge in [-0.15, -0.1) is 0 Å². The summed E-state index contributed by atoms with van der Waals surface area (Å²) in [5.74, 6) is 0.0956. The van der Waals surface area contributed by atoms with Gasteiger partial charge in [0, 0.05) is 31.8 Å². The predicted octanol–water partition coefficient (Wildman–Crippen LogP) is 1.65. The lowest BCUT2D eigenvalue weighted by molar-refractivity contribution is -0.384. The number of carbonyl (C=O) groups is 1. The predicted molar refractivity (Wildman–Crippen MR) is 98.2 cm³/mol. The Hall–Kier alpha value is -2.98. The van der Waals surface area contributed by atoms with Crippen molar-refractivity contribution in [2.24, 2.45) is 0 Å². The van der Waals surface area contributed by atoms with Gasteiger partial charge in [-0.3, -0.25) is 14.9 Å². The standard InChI is InChI=1S/C17H19N3O6S/c1-19(2)27(24,25)16-9-7-15(8-10-16)26-12-11-18-17(21)13-3-5-14(6-4-13)20(22)23/h3-10H,11-12H2,1-2H3,(H,18,21). The Labute approximate surface area is 156 Å². The molecule has 144 valence electrons. The van der Waals surface area contributed by atoms with Gasteiger partial charge in [-0.05, 0) is 36.4 Å². The van der Waals surface area contributed by atoms with Crippen LogP contribution in [-0.4, -0.2) is 50.8 Å². The lowest BCUT2D eigenvalue weighted by atomic mass is 10.2. The number of ether oxygens (including phenoxy) is 1. The summed E-state index contributed by atoms with van der Waals surface area (Å²) in [7, 11) is -0.587. The first kappa shape index (κ1) is 20.3. The zero-order valence-electron chi connectivity index (χ0n) is 14.8. The molecule has 0 fully saturated rings. The van der Waals surface area contributed by atoms with E-state index >= 15 is 0 Å². The van der Waals surface area contributed by atoms with Crippen molar-refractivity contribution >= 4 is 21.6 Å². The molecule has 1 amide bonds. The van der Waals surface area contributed by atoms with E-state index in [9.17, 15) is 23.3 Å². The van der Waals surface area contributed by atoms with E-state index in [2.05, 4.69) is 5.32 Å². The second-order valence-electron chi connectivity index (χ2n) is 5.67. The third kappa shape index (κ3) is 5.25. The first-order valence-corrected chi connectivity index (χ1v) is 9.34. The van der Waals surface area contributed by atoms with Crippen molar-refractivity contribution < 1.29 is 22.9 Å². The first-order chi connectivity index (χ1) is 12.7. The minimum Gasteiger partial charge on any atom is -0.492 e. The van der Waals surface area contributed by atoms with Crippen LogP contribution in [0.5, 0.6) is 5.75 Å². The Morgan fingerprint density at radius 3 is 2.22 bits per heavy atom. The molecule has 0 radical (unpaired) electrons. The van der Waals surface area contributed by atoms with Crippen LogP contribution in [0.3, 0.4) is 0 Å². The number of nitro groups is 1. The first-order valence-electron chi connectivity index (χ1n) is 7.90. The van der Waals surface area contributed by atoms with E-state index in [1.807, 2.05) is 0 Å². The molecule has 0 spiro atoms. The van der Waals surface area contributed by atoms with Crippen molar-refractivity contribution in [1.82, 2.24) is 9.62 Å². The number of rotatable bonds is 8. The number of sulfonamides is 1. The fraction of sp³-hybridized carbons (Fsp3) is 0.235. The van der Waals surface area contributed by atoms with Gasteiger partial charge < -0.3 is 10.1 Å². The van der Waals surface area contributed by atoms with E-state index in [1.54, 1.807) is 0 Å². The van der Waals surface area contributed by atoms with Gasteiger partial charge in [0.05, 0.1) is 16.4 Å². The van der Waals surface area contributed by atoms with Crippen LogP contribution in [0.25, 0.3) is 0 Å². The Kier molecular flexibility index (Phi) is 6.48. The van der Waals surface area contributed by atoms with Crippen LogP contribution in [0.2, 0.25) is 0 Å². The molecule has 0 atom stereocenters. The quantitative estimate of drug-likeness (QED) is 0.414. The number of hydrogen-bond acceptors (Lipinski definition) is 6. The lowest BCUT2D eigenvalue weighted by Gasteiger charge is -2.12. The minimum absolute atomic E-state index is 0.0883. The summed E-state index contributed by atoms with van der Waals surface area (Å²) < 4.78 is 30.5. The number of nitro benzene ring substituents is 1. The van der Waals surface area contributed by atoms with Gasteiger partial charge in [-0.1, -0.05) is 0 Å². The highest BCUT2D eigenvalue weighted by atomic mass is 32.2. The number of hydrogen-bond donors (Lipinski definition) is 1. The second-order valence-corrected chi connectivity index (χ2v) is 7.82. The van der Waals surface area contributed by atoms with Gasteiger partial charge in [0.1, 0.15) is 12.4 Å². The highest BCUT2D eigenvalue weighted by molar-refractivity contribution is 7.89. The van der Waals surface area contributed by atoms with E-state index in [0.717, 1.165) is 4.31 Å². The molecule has 2 rings (SSSR count). The molecule has 0 saturated heterocycles. The minimum atomic E-state index is -3.49. The zero-order valence-corrected chi connectivity index (χ0v) is 15.6. The largest absolute Gasteiger partial charge is 0.492 e. The van der Waals surface area contributed by atoms with Crippen molar-refractivity contribution in [1.29, 1.82) is 0 Å². The molecular formula is C17H19N3O6S. The van der Waals surface area contributed by atoms with Crippen molar-refractivity contribution in [3.05, 3.63) is 64.2 Å². The number of amides is 1. The van der Waals surface area contributed by atoms with Gasteiger partial charge in [-0.25, -0.2) is 12.7 Å². The van der Waals surface area contributed by atoms with E-state index in [4.69, 9.17) is 4.74 Å². The highest BCUT2D eigenvalue weighted by Crippen LogP contribution is 2.18. The van der Waals surface area contributed by atoms with E-state index in [0.29, 0.717) is 11.3 Å². The second kappa shape index (κ2) is 8.60. The molecule has 0 aliphatic carbocycles. The zero-order chi connectivity index (χ0) is 20.0. The molecule has 0 aliphatic rings. The van der Waals surface area contributed by atoms with Gasteiger partial charge >= 0.3 is 0 Å². The lowest BCUT2D eigenvalue weighted by Crippen LogP contribution is -2.28. The fourth-order valence-corrected chi connectivity index (χ4v) is 2.99. The summed E-state index contributed by atoms with van der Waals surface area (Å²) in [5.41, 5.74) is 0.216. The monoisotopic (exact) mass is 393 g/mol. The van der Waals surface area contributed by atoms with Gasteiger partial charge in [0.25, 0.3) is 11.6 Å². The van der Waals surface area contributed by atoms with Crippen molar-refractivity contribution in [2.75, 3.05) is 27.2 Å². The Morgan fingerprint density at radius 1 is 1.11 bits per heavy atom. The SMILES string of the molecule is CN(C)S(=O)(=O)c1ccc(OCCNC(=O)c2ccc([N+](=O)[O-])cc2)cc1. The van der Waals surface area contributed by atoms with Crippen LogP contribution in [-0.2, 0) is 10.0 Å². The molecule has 0 aliphatic heterocycles. The van der Waals surface area contributed by atoms with Crippen LogP contribution in [0.1, 0.15) is 10.4 Å². The fourth-order valence-electron chi connectivity index (χ4n) is 2.09. The topological polar surface area (TPSA) is 119 Å². The summed E-state index contributed by atoms with van der Waals surface area (Å²) in [6, 6.07) is 11.2. The number of carbonyl (C=O) groups excluding carboxylic acids is 1. The molecule has 0 heterocycles. The van der Waals surface area contributed by atoms with Crippen LogP contribution >= 0.6 is 0 Å². The molecule has 1 N–H and O–H groups in total. The van der Waals surface area contributed by atoms with E-state index in [1.165, 1.54) is 62.6 Å². The maximum Gasteiger partial charge on any atom is 0.269 e. The van der Waals surface area contributed by atoms with Crippen LogP contribution in [0.4, 0.5) is 5.69 Å². The maximum atomic E-state index is 12.0. The van der Waals surface area contributed by atoms with Crippen molar-refractivity contribution in [2.45, 2.75) is 4.90 Å². The summed E-state index contributed by atoms with van der Waals surface area (Å²) in [4.78, 5) is 22.2. The van der Waals surface area contributed by atoms with Gasteiger partial charge in [0.15, 0.2) is 0 Å². The Balaban J connectivity index is 1.83. The van der Waals surface area contributed by atoms with E-state index < -0.39 is 14.9 Å². The number of non-ortho nitro benzene ring substituents is 1. The van der Waals surface area contributed by atoms with Crippen molar-refractivity contribution in [3.8, 4) is 5.75 Å². The average molecular weight is 393 g/mol. The summed E-state index contributed by atoms with van der Waals surface area (Å²) in [6.45, 7) is 0.395. The van der Waals surface area contributed by atoms with Crippen LogP contribution in [0, 0.1) is 10.1 Å². The molecule has 9 nitrogen and oxygen atoms in total. The number of benzene rings is 2. The molecular weight excluding hydrogens is 374 g/mol. The highest BCUT2D eigenvalue weighted by Gasteiger charge is 2.16. The Morgan fingerprint density at radius 2 is 1.70 bits per heavy atom. The molecule has 0 bridgehead atoms. The van der Waals surface area contributed by atoms with E-state index in [-0.39, 0.29) is 29.6 Å². The normalized spacial score (nSPS) is 11.2. The molecule has 2 aromatic carbocycles. The summed E-state index contributed by atoms with van der Waals surface area (Å²) >= 11 is 0. The number of nitrogens with one attached hydrogen (secondary N) is 1. The van der Waals surface area contributed by atoms with Gasteiger partial charge in [0.2, 0.25) is 10.0 Å². The third-order valence-corrected chi connectivity index (χ3v) is 5.43. The summed E-state index contributed by atoms with van der Waals surface area (Å²) in [5, 5.41) is 13.2. The maximum absolute atomic E-state index is 12.0. The Bertz CT molecular complexity index is 909.